The van der Waals surface area contributed by atoms with Gasteiger partial charge in [-0.25, -0.2) is 0 Å². The molecule has 2 aliphatic carbocycles. The first-order valence-corrected chi connectivity index (χ1v) is 12.3. The van der Waals surface area contributed by atoms with E-state index in [9.17, 15) is 9.59 Å². The van der Waals surface area contributed by atoms with Crippen molar-refractivity contribution < 1.29 is 9.59 Å². The van der Waals surface area contributed by atoms with Gasteiger partial charge in [0.25, 0.3) is 0 Å². The number of nitrogens with zero attached hydrogens (tertiary/aromatic N) is 2. The minimum Gasteiger partial charge on any atom is -0.355 e. The predicted molar refractivity (Wildman–Crippen MR) is 124 cm³/mol. The van der Waals surface area contributed by atoms with Crippen molar-refractivity contribution in [2.75, 3.05) is 40.3 Å². The third kappa shape index (κ3) is 4.97. The number of hydrogen-bond donors (Lipinski definition) is 1. The SMILES string of the molecule is CN(C)CCNC(=O)C[C@@H]1CC2(CCN(C(=O)C3CCCCC3)CC2)c2ccccc21. The van der Waals surface area contributed by atoms with Gasteiger partial charge in [-0.05, 0) is 68.7 Å². The van der Waals surface area contributed by atoms with Crippen LogP contribution < -0.4 is 5.32 Å². The second kappa shape index (κ2) is 9.72. The maximum atomic E-state index is 13.0. The van der Waals surface area contributed by atoms with Crippen LogP contribution in [0, 0.1) is 5.92 Å². The Morgan fingerprint density at radius 1 is 1.10 bits per heavy atom. The molecule has 31 heavy (non-hydrogen) atoms. The zero-order valence-corrected chi connectivity index (χ0v) is 19.4. The molecule has 1 N–H and O–H groups in total. The highest BCUT2D eigenvalue weighted by Gasteiger charge is 2.46. The van der Waals surface area contributed by atoms with Gasteiger partial charge in [-0.3, -0.25) is 9.59 Å². The standard InChI is InChI=1S/C26H39N3O2/c1-28(2)17-14-27-24(30)18-21-19-26(23-11-7-6-10-22(21)23)12-15-29(16-13-26)25(31)20-8-4-3-5-9-20/h6-7,10-11,20-21H,3-5,8-9,12-19H2,1-2H3,(H,27,30)/t21-/m1/s1. The molecule has 5 heteroatoms. The summed E-state index contributed by atoms with van der Waals surface area (Å²) in [7, 11) is 4.04. The van der Waals surface area contributed by atoms with E-state index >= 15 is 0 Å². The Bertz CT molecular complexity index is 777. The van der Waals surface area contributed by atoms with E-state index in [4.69, 9.17) is 0 Å². The minimum absolute atomic E-state index is 0.133. The molecule has 3 aliphatic rings. The highest BCUT2D eigenvalue weighted by atomic mass is 16.2. The topological polar surface area (TPSA) is 52.7 Å². The van der Waals surface area contributed by atoms with Gasteiger partial charge in [0.2, 0.25) is 11.8 Å². The average molecular weight is 426 g/mol. The normalized spacial score (nSPS) is 23.2. The highest BCUT2D eigenvalue weighted by molar-refractivity contribution is 5.79. The molecule has 1 saturated heterocycles. The van der Waals surface area contributed by atoms with Crippen molar-refractivity contribution in [2.24, 2.45) is 5.92 Å². The zero-order valence-electron chi connectivity index (χ0n) is 19.4. The van der Waals surface area contributed by atoms with Crippen LogP contribution in [0.25, 0.3) is 0 Å². The van der Waals surface area contributed by atoms with Crippen LogP contribution in [0.15, 0.2) is 24.3 Å². The average Bonchev–Trinajstić information content (AvgIpc) is 3.07. The van der Waals surface area contributed by atoms with Gasteiger partial charge in [0, 0.05) is 38.5 Å². The van der Waals surface area contributed by atoms with Gasteiger partial charge in [-0.2, -0.15) is 0 Å². The van der Waals surface area contributed by atoms with E-state index in [2.05, 4.69) is 39.4 Å². The van der Waals surface area contributed by atoms with Crippen molar-refractivity contribution in [1.29, 1.82) is 0 Å². The zero-order chi connectivity index (χ0) is 21.8. The lowest BCUT2D eigenvalue weighted by atomic mass is 9.73. The van der Waals surface area contributed by atoms with E-state index in [-0.39, 0.29) is 23.2 Å². The molecular formula is C26H39N3O2. The third-order valence-electron chi connectivity index (χ3n) is 7.91. The van der Waals surface area contributed by atoms with Gasteiger partial charge >= 0.3 is 0 Å². The second-order valence-electron chi connectivity index (χ2n) is 10.3. The Labute approximate surface area is 187 Å². The summed E-state index contributed by atoms with van der Waals surface area (Å²) < 4.78 is 0. The summed E-state index contributed by atoms with van der Waals surface area (Å²) in [6, 6.07) is 8.75. The second-order valence-corrected chi connectivity index (χ2v) is 10.3. The van der Waals surface area contributed by atoms with Crippen LogP contribution in [0.1, 0.15) is 74.8 Å². The van der Waals surface area contributed by atoms with E-state index in [1.165, 1.54) is 30.4 Å². The van der Waals surface area contributed by atoms with Crippen molar-refractivity contribution in [3.05, 3.63) is 35.4 Å². The van der Waals surface area contributed by atoms with Gasteiger partial charge in [-0.1, -0.05) is 43.5 Å². The number of piperidine rings is 1. The van der Waals surface area contributed by atoms with Crippen LogP contribution in [0.4, 0.5) is 0 Å². The fourth-order valence-corrected chi connectivity index (χ4v) is 6.16. The molecular weight excluding hydrogens is 386 g/mol. The van der Waals surface area contributed by atoms with Crippen molar-refractivity contribution in [3.63, 3.8) is 0 Å². The van der Waals surface area contributed by atoms with Crippen LogP contribution >= 0.6 is 0 Å². The van der Waals surface area contributed by atoms with E-state index in [0.717, 1.165) is 51.7 Å². The van der Waals surface area contributed by atoms with Gasteiger partial charge in [-0.15, -0.1) is 0 Å². The lowest BCUT2D eigenvalue weighted by molar-refractivity contribution is -0.138. The van der Waals surface area contributed by atoms with Gasteiger partial charge < -0.3 is 15.1 Å². The Hall–Kier alpha value is -1.88. The summed E-state index contributed by atoms with van der Waals surface area (Å²) in [5, 5.41) is 3.09. The summed E-state index contributed by atoms with van der Waals surface area (Å²) in [6.07, 6.45) is 9.52. The van der Waals surface area contributed by atoms with Gasteiger partial charge in [0.1, 0.15) is 0 Å². The van der Waals surface area contributed by atoms with Crippen LogP contribution in [0.3, 0.4) is 0 Å². The molecule has 2 fully saturated rings. The van der Waals surface area contributed by atoms with Crippen molar-refractivity contribution in [2.45, 2.75) is 69.1 Å². The van der Waals surface area contributed by atoms with E-state index in [0.29, 0.717) is 18.9 Å². The van der Waals surface area contributed by atoms with Crippen molar-refractivity contribution >= 4 is 11.8 Å². The van der Waals surface area contributed by atoms with Crippen LogP contribution in [0.5, 0.6) is 0 Å². The maximum Gasteiger partial charge on any atom is 0.225 e. The Balaban J connectivity index is 1.39. The molecule has 0 aromatic heterocycles. The first-order chi connectivity index (χ1) is 15.0. The number of benzene rings is 1. The molecule has 4 rings (SSSR count). The highest BCUT2D eigenvalue weighted by Crippen LogP contribution is 2.52. The Morgan fingerprint density at radius 3 is 2.52 bits per heavy atom. The lowest BCUT2D eigenvalue weighted by Crippen LogP contribution is -2.46. The minimum atomic E-state index is 0.133. The van der Waals surface area contributed by atoms with E-state index < -0.39 is 0 Å². The number of likely N-dealkylation sites (N-methyl/N-ethyl adjacent to an activating group) is 1. The molecule has 1 heterocycles. The molecule has 0 unspecified atom stereocenters. The van der Waals surface area contributed by atoms with Crippen LogP contribution in [-0.4, -0.2) is 61.9 Å². The quantitative estimate of drug-likeness (QED) is 0.756. The fourth-order valence-electron chi connectivity index (χ4n) is 6.16. The molecule has 1 aromatic carbocycles. The molecule has 170 valence electrons. The van der Waals surface area contributed by atoms with E-state index in [1.54, 1.807) is 0 Å². The molecule has 5 nitrogen and oxygen atoms in total. The van der Waals surface area contributed by atoms with Crippen LogP contribution in [-0.2, 0) is 15.0 Å². The van der Waals surface area contributed by atoms with Crippen molar-refractivity contribution in [3.8, 4) is 0 Å². The summed E-state index contributed by atoms with van der Waals surface area (Å²) in [6.45, 7) is 3.29. The fraction of sp³-hybridized carbons (Fsp3) is 0.692. The Kier molecular flexibility index (Phi) is 7.00. The molecule has 0 radical (unpaired) electrons. The third-order valence-corrected chi connectivity index (χ3v) is 7.91. The molecule has 0 bridgehead atoms. The Morgan fingerprint density at radius 2 is 1.81 bits per heavy atom. The maximum absolute atomic E-state index is 13.0. The van der Waals surface area contributed by atoms with Crippen molar-refractivity contribution in [1.82, 2.24) is 15.1 Å². The first-order valence-electron chi connectivity index (χ1n) is 12.3. The molecule has 1 aromatic rings. The van der Waals surface area contributed by atoms with Gasteiger partial charge in [0.05, 0.1) is 0 Å². The number of nitrogens with one attached hydrogen (secondary N) is 1. The largest absolute Gasteiger partial charge is 0.355 e. The summed E-state index contributed by atoms with van der Waals surface area (Å²) in [5.41, 5.74) is 2.93. The predicted octanol–water partition coefficient (Wildman–Crippen LogP) is 3.68. The number of rotatable bonds is 6. The molecule has 1 saturated carbocycles. The number of likely N-dealkylation sites (tertiary alicyclic amines) is 1. The number of amides is 2. The number of carbonyl (C=O) groups excluding carboxylic acids is 2. The lowest BCUT2D eigenvalue weighted by Gasteiger charge is -2.42. The number of fused-ring (bicyclic) bond motifs is 2. The van der Waals surface area contributed by atoms with Crippen LogP contribution in [0.2, 0.25) is 0 Å². The smallest absolute Gasteiger partial charge is 0.225 e. The molecule has 1 aliphatic heterocycles. The first kappa shape index (κ1) is 22.3. The number of carbonyl (C=O) groups is 2. The summed E-state index contributed by atoms with van der Waals surface area (Å²) in [5.74, 6) is 1.11. The summed E-state index contributed by atoms with van der Waals surface area (Å²) in [4.78, 5) is 29.9. The summed E-state index contributed by atoms with van der Waals surface area (Å²) >= 11 is 0. The molecule has 1 spiro atoms. The molecule has 1 atom stereocenters. The molecule has 2 amide bonds. The number of hydrogen-bond acceptors (Lipinski definition) is 3. The monoisotopic (exact) mass is 425 g/mol. The van der Waals surface area contributed by atoms with E-state index in [1.807, 2.05) is 14.1 Å². The van der Waals surface area contributed by atoms with Gasteiger partial charge in [0.15, 0.2) is 0 Å².